The zero-order valence-corrected chi connectivity index (χ0v) is 20.0. The third-order valence-electron chi connectivity index (χ3n) is 5.08. The molecule has 2 unspecified atom stereocenters. The minimum atomic E-state index is -3.89. The van der Waals surface area contributed by atoms with Crippen LogP contribution in [0.25, 0.3) is 0 Å². The van der Waals surface area contributed by atoms with Gasteiger partial charge in [-0.2, -0.15) is 9.57 Å². The van der Waals surface area contributed by atoms with E-state index in [9.17, 15) is 23.3 Å². The highest BCUT2D eigenvalue weighted by Crippen LogP contribution is 2.29. The number of thiazole rings is 1. The standard InChI is InChI=1S/C21H22ClN3O5S2/c1-13-4-3-7-25(10-13)32(28,29)19-8-15(5-6-17(19)22)21(27)30-11-18(26)16(9-23)20-24-14(2)12-31-20/h5-6,8,12-13,16H,3-4,7,10-11H2,1-2H3. The zero-order valence-electron chi connectivity index (χ0n) is 17.6. The molecule has 3 rings (SSSR count). The number of rotatable bonds is 7. The van der Waals surface area contributed by atoms with Gasteiger partial charge < -0.3 is 4.74 Å². The Labute approximate surface area is 195 Å². The summed E-state index contributed by atoms with van der Waals surface area (Å²) in [5.41, 5.74) is 0.637. The maximum absolute atomic E-state index is 13.1. The van der Waals surface area contributed by atoms with Crippen LogP contribution in [-0.4, -0.2) is 49.2 Å². The molecule has 1 aliphatic heterocycles. The number of hydrogen-bond donors (Lipinski definition) is 0. The molecule has 0 saturated carbocycles. The van der Waals surface area contributed by atoms with Gasteiger partial charge in [-0.15, -0.1) is 11.3 Å². The number of piperidine rings is 1. The van der Waals surface area contributed by atoms with Crippen molar-refractivity contribution in [3.63, 3.8) is 0 Å². The number of benzene rings is 1. The lowest BCUT2D eigenvalue weighted by Crippen LogP contribution is -2.39. The van der Waals surface area contributed by atoms with E-state index in [0.717, 1.165) is 18.9 Å². The van der Waals surface area contributed by atoms with Crippen molar-refractivity contribution in [2.75, 3.05) is 19.7 Å². The van der Waals surface area contributed by atoms with Gasteiger partial charge in [0.1, 0.15) is 9.90 Å². The number of aryl methyl sites for hydroxylation is 1. The number of hydrogen-bond acceptors (Lipinski definition) is 8. The topological polar surface area (TPSA) is 117 Å². The van der Waals surface area contributed by atoms with Crippen LogP contribution in [0.2, 0.25) is 5.02 Å². The van der Waals surface area contributed by atoms with Crippen LogP contribution in [0.5, 0.6) is 0 Å². The van der Waals surface area contributed by atoms with Crippen molar-refractivity contribution in [1.82, 2.24) is 9.29 Å². The molecule has 8 nitrogen and oxygen atoms in total. The monoisotopic (exact) mass is 495 g/mol. The lowest BCUT2D eigenvalue weighted by atomic mass is 10.0. The van der Waals surface area contributed by atoms with Crippen molar-refractivity contribution in [2.45, 2.75) is 37.5 Å². The summed E-state index contributed by atoms with van der Waals surface area (Å²) in [5, 5.41) is 11.4. The van der Waals surface area contributed by atoms with E-state index >= 15 is 0 Å². The molecule has 0 bridgehead atoms. The second-order valence-electron chi connectivity index (χ2n) is 7.69. The molecule has 0 radical (unpaired) electrons. The van der Waals surface area contributed by atoms with E-state index in [2.05, 4.69) is 4.98 Å². The largest absolute Gasteiger partial charge is 0.454 e. The summed E-state index contributed by atoms with van der Waals surface area (Å²) in [6, 6.07) is 5.69. The number of carbonyl (C=O) groups is 2. The molecule has 1 aromatic carbocycles. The molecule has 2 heterocycles. The minimum Gasteiger partial charge on any atom is -0.454 e. The van der Waals surface area contributed by atoms with Gasteiger partial charge in [0.25, 0.3) is 0 Å². The van der Waals surface area contributed by atoms with Crippen molar-refractivity contribution < 1.29 is 22.7 Å². The molecule has 2 aromatic rings. The van der Waals surface area contributed by atoms with Gasteiger partial charge in [0.05, 0.1) is 16.7 Å². The van der Waals surface area contributed by atoms with Crippen LogP contribution in [-0.2, 0) is 19.6 Å². The van der Waals surface area contributed by atoms with Crippen molar-refractivity contribution in [1.29, 1.82) is 5.26 Å². The third-order valence-corrected chi connectivity index (χ3v) is 8.46. The molecule has 1 fully saturated rings. The maximum Gasteiger partial charge on any atom is 0.338 e. The maximum atomic E-state index is 13.1. The normalized spacial score (nSPS) is 18.0. The first-order valence-electron chi connectivity index (χ1n) is 9.94. The molecule has 1 aliphatic rings. The average molecular weight is 496 g/mol. The lowest BCUT2D eigenvalue weighted by molar-refractivity contribution is -0.122. The summed E-state index contributed by atoms with van der Waals surface area (Å²) in [6.45, 7) is 3.86. The summed E-state index contributed by atoms with van der Waals surface area (Å²) < 4.78 is 32.6. The van der Waals surface area contributed by atoms with Crippen LogP contribution in [0, 0.1) is 24.2 Å². The smallest absolute Gasteiger partial charge is 0.338 e. The molecule has 170 valence electrons. The molecule has 1 aromatic heterocycles. The highest BCUT2D eigenvalue weighted by atomic mass is 35.5. The molecule has 2 atom stereocenters. The summed E-state index contributed by atoms with van der Waals surface area (Å²) in [4.78, 5) is 28.8. The second kappa shape index (κ2) is 10.1. The van der Waals surface area contributed by atoms with Gasteiger partial charge in [-0.3, -0.25) is 4.79 Å². The highest BCUT2D eigenvalue weighted by molar-refractivity contribution is 7.89. The number of nitriles is 1. The Balaban J connectivity index is 1.74. The molecule has 0 amide bonds. The highest BCUT2D eigenvalue weighted by Gasteiger charge is 2.31. The molecule has 0 N–H and O–H groups in total. The molecule has 1 saturated heterocycles. The number of halogens is 1. The third kappa shape index (κ3) is 5.35. The molecule has 0 spiro atoms. The fourth-order valence-electron chi connectivity index (χ4n) is 3.40. The van der Waals surface area contributed by atoms with Crippen LogP contribution in [0.1, 0.15) is 46.7 Å². The van der Waals surface area contributed by atoms with E-state index < -0.39 is 34.3 Å². The number of Topliss-reactive ketones (excluding diaryl/α,β-unsaturated/α-hetero) is 1. The molecule has 11 heteroatoms. The summed E-state index contributed by atoms with van der Waals surface area (Å²) >= 11 is 7.32. The first kappa shape index (κ1) is 24.3. The zero-order chi connectivity index (χ0) is 23.5. The second-order valence-corrected chi connectivity index (χ2v) is 10.9. The van der Waals surface area contributed by atoms with Gasteiger partial charge >= 0.3 is 5.97 Å². The van der Waals surface area contributed by atoms with E-state index in [0.29, 0.717) is 23.8 Å². The van der Waals surface area contributed by atoms with Crippen molar-refractivity contribution in [3.05, 3.63) is 44.9 Å². The van der Waals surface area contributed by atoms with Gasteiger partial charge in [0, 0.05) is 24.2 Å². The van der Waals surface area contributed by atoms with Gasteiger partial charge in [-0.1, -0.05) is 18.5 Å². The number of carbonyl (C=O) groups excluding carboxylic acids is 2. The van der Waals surface area contributed by atoms with E-state index in [1.807, 2.05) is 13.0 Å². The number of ether oxygens (including phenoxy) is 1. The number of sulfonamides is 1. The van der Waals surface area contributed by atoms with Crippen molar-refractivity contribution in [2.24, 2.45) is 5.92 Å². The number of esters is 1. The Morgan fingerprint density at radius 3 is 2.81 bits per heavy atom. The Kier molecular flexibility index (Phi) is 7.67. The Hall–Kier alpha value is -2.32. The predicted molar refractivity (Wildman–Crippen MR) is 119 cm³/mol. The summed E-state index contributed by atoms with van der Waals surface area (Å²) in [7, 11) is -3.89. The first-order valence-corrected chi connectivity index (χ1v) is 12.6. The van der Waals surface area contributed by atoms with Crippen molar-refractivity contribution in [3.8, 4) is 6.07 Å². The number of nitrogens with zero attached hydrogens (tertiary/aromatic N) is 3. The van der Waals surface area contributed by atoms with Crippen molar-refractivity contribution >= 4 is 44.7 Å². The van der Waals surface area contributed by atoms with Crippen LogP contribution in [0.4, 0.5) is 0 Å². The van der Waals surface area contributed by atoms with Crippen LogP contribution < -0.4 is 0 Å². The summed E-state index contributed by atoms with van der Waals surface area (Å²) in [5.74, 6) is -2.40. The molecule has 0 aliphatic carbocycles. The Morgan fingerprint density at radius 2 is 2.19 bits per heavy atom. The fourth-order valence-corrected chi connectivity index (χ4v) is 6.36. The van der Waals surface area contributed by atoms with E-state index in [4.69, 9.17) is 16.3 Å². The molecular weight excluding hydrogens is 474 g/mol. The molecule has 32 heavy (non-hydrogen) atoms. The van der Waals surface area contributed by atoms with E-state index in [1.165, 1.54) is 27.8 Å². The van der Waals surface area contributed by atoms with Crippen LogP contribution >= 0.6 is 22.9 Å². The molecular formula is C21H22ClN3O5S2. The Morgan fingerprint density at radius 1 is 1.44 bits per heavy atom. The minimum absolute atomic E-state index is 0.000429. The van der Waals surface area contributed by atoms with Gasteiger partial charge in [0.2, 0.25) is 10.0 Å². The Bertz CT molecular complexity index is 1170. The van der Waals surface area contributed by atoms with Gasteiger partial charge in [-0.25, -0.2) is 18.2 Å². The van der Waals surface area contributed by atoms with Gasteiger partial charge in [-0.05, 0) is 43.9 Å². The average Bonchev–Trinajstić information content (AvgIpc) is 3.18. The van der Waals surface area contributed by atoms with Crippen LogP contribution in [0.15, 0.2) is 28.5 Å². The quantitative estimate of drug-likeness (QED) is 0.539. The van der Waals surface area contributed by atoms with E-state index in [-0.39, 0.29) is 21.4 Å². The first-order chi connectivity index (χ1) is 15.1. The predicted octanol–water partition coefficient (Wildman–Crippen LogP) is 3.56. The SMILES string of the molecule is Cc1csc(C(C#N)C(=O)COC(=O)c2ccc(Cl)c(S(=O)(=O)N3CCCC(C)C3)c2)n1. The lowest BCUT2D eigenvalue weighted by Gasteiger charge is -2.30. The summed E-state index contributed by atoms with van der Waals surface area (Å²) in [6.07, 6.45) is 1.70. The number of ketones is 1. The van der Waals surface area contributed by atoms with E-state index in [1.54, 1.807) is 12.3 Å². The van der Waals surface area contributed by atoms with Crippen LogP contribution in [0.3, 0.4) is 0 Å². The fraction of sp³-hybridized carbons (Fsp3) is 0.429. The van der Waals surface area contributed by atoms with Gasteiger partial charge in [0.15, 0.2) is 18.3 Å². The number of aromatic nitrogens is 1.